The maximum Gasteiger partial charge on any atom is 0.306 e. The van der Waals surface area contributed by atoms with Gasteiger partial charge in [-0.15, -0.1) is 0 Å². The van der Waals surface area contributed by atoms with Crippen molar-refractivity contribution in [2.75, 3.05) is 14.2 Å². The van der Waals surface area contributed by atoms with Crippen LogP contribution in [0.3, 0.4) is 0 Å². The first-order valence-corrected chi connectivity index (χ1v) is 8.38. The Morgan fingerprint density at radius 1 is 1.21 bits per heavy atom. The second kappa shape index (κ2) is 8.10. The summed E-state index contributed by atoms with van der Waals surface area (Å²) in [6.07, 6.45) is 0.854. The summed E-state index contributed by atoms with van der Waals surface area (Å²) in [5.74, 6) is -2.52. The topological polar surface area (TPSA) is 116 Å². The molecule has 8 nitrogen and oxygen atoms in total. The summed E-state index contributed by atoms with van der Waals surface area (Å²) < 4.78 is 20.8. The van der Waals surface area contributed by atoms with Crippen LogP contribution >= 0.6 is 0 Å². The van der Waals surface area contributed by atoms with Crippen LogP contribution in [0.25, 0.3) is 11.0 Å². The molecule has 0 aliphatic rings. The molecule has 0 saturated heterocycles. The zero-order valence-electron chi connectivity index (χ0n) is 15.3. The largest absolute Gasteiger partial charge is 0.502 e. The quantitative estimate of drug-likeness (QED) is 0.642. The van der Waals surface area contributed by atoms with Crippen molar-refractivity contribution in [3.63, 3.8) is 0 Å². The molecule has 1 N–H and O–H groups in total. The van der Waals surface area contributed by atoms with Crippen LogP contribution in [0.2, 0.25) is 0 Å². The minimum atomic E-state index is -1.09. The smallest absolute Gasteiger partial charge is 0.306 e. The monoisotopic (exact) mass is 386 g/mol. The van der Waals surface area contributed by atoms with E-state index in [0.29, 0.717) is 11.0 Å². The van der Waals surface area contributed by atoms with Gasteiger partial charge in [0.2, 0.25) is 11.2 Å². The van der Waals surface area contributed by atoms with E-state index in [9.17, 15) is 19.5 Å². The van der Waals surface area contributed by atoms with E-state index < -0.39 is 28.5 Å². The average Bonchev–Trinajstić information content (AvgIpc) is 2.70. The van der Waals surface area contributed by atoms with E-state index in [4.69, 9.17) is 18.3 Å². The lowest BCUT2D eigenvalue weighted by molar-refractivity contribution is -0.140. The number of benzene rings is 1. The van der Waals surface area contributed by atoms with E-state index in [1.807, 2.05) is 0 Å². The Morgan fingerprint density at radius 3 is 2.68 bits per heavy atom. The molecular weight excluding hydrogens is 368 g/mol. The highest BCUT2D eigenvalue weighted by Crippen LogP contribution is 2.32. The lowest BCUT2D eigenvalue weighted by atomic mass is 9.92. The average molecular weight is 386 g/mol. The molecule has 1 aromatic carbocycles. The molecule has 0 saturated carbocycles. The molecule has 0 spiro atoms. The van der Waals surface area contributed by atoms with E-state index in [-0.39, 0.29) is 30.1 Å². The summed E-state index contributed by atoms with van der Waals surface area (Å²) in [7, 11) is 2.61. The lowest BCUT2D eigenvalue weighted by Crippen LogP contribution is -2.20. The molecule has 0 bridgehead atoms. The molecule has 8 heteroatoms. The number of fused-ring (bicyclic) bond motifs is 1. The highest BCUT2D eigenvalue weighted by molar-refractivity contribution is 5.77. The molecule has 0 aliphatic carbocycles. The van der Waals surface area contributed by atoms with Crippen LogP contribution in [-0.4, -0.2) is 25.3 Å². The van der Waals surface area contributed by atoms with Gasteiger partial charge in [0.05, 0.1) is 31.1 Å². The van der Waals surface area contributed by atoms with Gasteiger partial charge in [0, 0.05) is 18.7 Å². The Hall–Kier alpha value is -3.39. The van der Waals surface area contributed by atoms with Crippen molar-refractivity contribution in [2.45, 2.75) is 18.9 Å². The first kappa shape index (κ1) is 19.4. The Kier molecular flexibility index (Phi) is 5.60. The van der Waals surface area contributed by atoms with Crippen LogP contribution in [-0.2, 0) is 20.9 Å². The Morgan fingerprint density at radius 2 is 1.96 bits per heavy atom. The second-order valence-corrected chi connectivity index (χ2v) is 6.07. The third kappa shape index (κ3) is 3.67. The van der Waals surface area contributed by atoms with Gasteiger partial charge in [-0.1, -0.05) is 12.1 Å². The summed E-state index contributed by atoms with van der Waals surface area (Å²) in [6, 6.07) is 7.69. The predicted octanol–water partition coefficient (Wildman–Crippen LogP) is 2.29. The first-order valence-electron chi connectivity index (χ1n) is 8.38. The molecule has 3 rings (SSSR count). The van der Waals surface area contributed by atoms with Crippen LogP contribution < -0.4 is 10.9 Å². The van der Waals surface area contributed by atoms with Crippen molar-refractivity contribution in [1.29, 1.82) is 0 Å². The van der Waals surface area contributed by atoms with Crippen molar-refractivity contribution < 1.29 is 28.2 Å². The number of ether oxygens (including phenoxy) is 2. The number of methoxy groups -OCH3 is 2. The molecule has 1 atom stereocenters. The number of carbonyl (C=O) groups excluding carboxylic acids is 1. The van der Waals surface area contributed by atoms with Gasteiger partial charge in [-0.2, -0.15) is 0 Å². The standard InChI is InChI=1S/C20H18O8/c1-25-9-11-7-15(21)19(24)20(28-11)13(8-17(22)26-2)14-10-27-16-6-4-3-5-12(16)18(14)23/h3-7,10,13,24H,8-9H2,1-2H3/t13-/m1/s1. The number of carbonyl (C=O) groups is 1. The maximum absolute atomic E-state index is 13.0. The van der Waals surface area contributed by atoms with E-state index in [0.717, 1.165) is 6.07 Å². The van der Waals surface area contributed by atoms with Gasteiger partial charge in [-0.25, -0.2) is 0 Å². The number of hydrogen-bond acceptors (Lipinski definition) is 8. The molecule has 0 amide bonds. The molecule has 2 heterocycles. The van der Waals surface area contributed by atoms with Gasteiger partial charge in [0.1, 0.15) is 18.0 Å². The zero-order chi connectivity index (χ0) is 20.3. The molecule has 28 heavy (non-hydrogen) atoms. The minimum absolute atomic E-state index is 0.0280. The van der Waals surface area contributed by atoms with Crippen molar-refractivity contribution in [2.24, 2.45) is 0 Å². The molecule has 2 aromatic heterocycles. The van der Waals surface area contributed by atoms with E-state index >= 15 is 0 Å². The van der Waals surface area contributed by atoms with Gasteiger partial charge < -0.3 is 23.4 Å². The molecule has 0 aliphatic heterocycles. The van der Waals surface area contributed by atoms with Crippen LogP contribution in [0.5, 0.6) is 5.75 Å². The summed E-state index contributed by atoms with van der Waals surface area (Å²) in [6.45, 7) is -0.0280. The van der Waals surface area contributed by atoms with Crippen molar-refractivity contribution in [3.05, 3.63) is 74.1 Å². The molecule has 3 aromatic rings. The van der Waals surface area contributed by atoms with E-state index in [1.165, 1.54) is 20.5 Å². The zero-order valence-corrected chi connectivity index (χ0v) is 15.3. The molecule has 0 unspecified atom stereocenters. The normalized spacial score (nSPS) is 12.1. The summed E-state index contributed by atoms with van der Waals surface area (Å²) in [5.41, 5.74) is -0.702. The van der Waals surface area contributed by atoms with Crippen molar-refractivity contribution in [3.8, 4) is 5.75 Å². The van der Waals surface area contributed by atoms with Crippen molar-refractivity contribution >= 4 is 16.9 Å². The Balaban J connectivity index is 2.24. The molecule has 0 fully saturated rings. The van der Waals surface area contributed by atoms with Crippen LogP contribution in [0, 0.1) is 0 Å². The summed E-state index contributed by atoms with van der Waals surface area (Å²) in [4.78, 5) is 37.1. The van der Waals surface area contributed by atoms with Crippen LogP contribution in [0.4, 0.5) is 0 Å². The second-order valence-electron chi connectivity index (χ2n) is 6.07. The summed E-state index contributed by atoms with van der Waals surface area (Å²) >= 11 is 0. The van der Waals surface area contributed by atoms with Gasteiger partial charge in [-0.3, -0.25) is 14.4 Å². The molecular formula is C20H18O8. The fourth-order valence-corrected chi connectivity index (χ4v) is 2.93. The van der Waals surface area contributed by atoms with E-state index in [2.05, 4.69) is 0 Å². The Bertz CT molecular complexity index is 1120. The van der Waals surface area contributed by atoms with Crippen molar-refractivity contribution in [1.82, 2.24) is 0 Å². The highest BCUT2D eigenvalue weighted by atomic mass is 16.5. The third-order valence-corrected chi connectivity index (χ3v) is 4.28. The SMILES string of the molecule is COCc1cc(=O)c(O)c([C@H](CC(=O)OC)c2coc3ccccc3c2=O)o1. The number of rotatable bonds is 6. The number of para-hydroxylation sites is 1. The van der Waals surface area contributed by atoms with Gasteiger partial charge in [0.25, 0.3) is 0 Å². The fraction of sp³-hybridized carbons (Fsp3) is 0.250. The fourth-order valence-electron chi connectivity index (χ4n) is 2.93. The maximum atomic E-state index is 13.0. The van der Waals surface area contributed by atoms with Gasteiger partial charge >= 0.3 is 5.97 Å². The van der Waals surface area contributed by atoms with Gasteiger partial charge in [-0.05, 0) is 12.1 Å². The molecule has 146 valence electrons. The Labute approximate surface area is 158 Å². The van der Waals surface area contributed by atoms with Gasteiger partial charge in [0.15, 0.2) is 11.2 Å². The third-order valence-electron chi connectivity index (χ3n) is 4.28. The number of aromatic hydroxyl groups is 1. The summed E-state index contributed by atoms with van der Waals surface area (Å²) in [5, 5.41) is 10.6. The molecule has 0 radical (unpaired) electrons. The van der Waals surface area contributed by atoms with E-state index in [1.54, 1.807) is 24.3 Å². The number of esters is 1. The predicted molar refractivity (Wildman–Crippen MR) is 98.3 cm³/mol. The van der Waals surface area contributed by atoms with Crippen LogP contribution in [0.15, 0.2) is 55.0 Å². The minimum Gasteiger partial charge on any atom is -0.502 e. The first-order chi connectivity index (χ1) is 13.5. The number of hydrogen-bond donors (Lipinski definition) is 1. The highest BCUT2D eigenvalue weighted by Gasteiger charge is 2.29. The lowest BCUT2D eigenvalue weighted by Gasteiger charge is -2.16. The van der Waals surface area contributed by atoms with Crippen LogP contribution in [0.1, 0.15) is 29.4 Å².